The van der Waals surface area contributed by atoms with Crippen LogP contribution in [-0.4, -0.2) is 14.9 Å². The summed E-state index contributed by atoms with van der Waals surface area (Å²) >= 11 is 0. The van der Waals surface area contributed by atoms with E-state index in [2.05, 4.69) is 25.8 Å². The fraction of sp³-hybridized carbons (Fsp3) is 0.364. The summed E-state index contributed by atoms with van der Waals surface area (Å²) in [6.07, 6.45) is 3.42. The Balaban J connectivity index is 2.65. The van der Waals surface area contributed by atoms with Gasteiger partial charge in [-0.1, -0.05) is 20.8 Å². The van der Waals surface area contributed by atoms with E-state index < -0.39 is 0 Å². The van der Waals surface area contributed by atoms with E-state index in [1.165, 1.54) is 0 Å². The Kier molecular flexibility index (Phi) is 1.77. The van der Waals surface area contributed by atoms with Crippen LogP contribution < -0.4 is 0 Å². The van der Waals surface area contributed by atoms with Gasteiger partial charge in [0.15, 0.2) is 5.82 Å². The number of rotatable bonds is 0. The van der Waals surface area contributed by atoms with Crippen molar-refractivity contribution < 1.29 is 5.21 Å². The summed E-state index contributed by atoms with van der Waals surface area (Å²) in [7, 11) is 0. The molecule has 1 N–H and O–H groups in total. The Hall–Kier alpha value is -1.51. The van der Waals surface area contributed by atoms with Crippen LogP contribution in [-0.2, 0) is 5.41 Å². The van der Waals surface area contributed by atoms with E-state index in [9.17, 15) is 5.21 Å². The topological polar surface area (TPSA) is 38.0 Å². The third kappa shape index (κ3) is 1.25. The van der Waals surface area contributed by atoms with Crippen molar-refractivity contribution >= 4 is 0 Å². The van der Waals surface area contributed by atoms with Crippen LogP contribution in [0.5, 0.6) is 0 Å². The standard InChI is InChI=1S/C11H14N2O/c1-11(2,3)9-7-12-10-8(9)5-4-6-13(10)14/h4-7,14H,1-3H3. The van der Waals surface area contributed by atoms with Gasteiger partial charge in [0.25, 0.3) is 0 Å². The molecule has 2 rings (SSSR count). The zero-order chi connectivity index (χ0) is 10.3. The van der Waals surface area contributed by atoms with Crippen LogP contribution in [0.4, 0.5) is 0 Å². The summed E-state index contributed by atoms with van der Waals surface area (Å²) < 4.78 is 1.06. The van der Waals surface area contributed by atoms with Gasteiger partial charge in [0.1, 0.15) is 0 Å². The number of nitrogens with zero attached hydrogens (tertiary/aromatic N) is 2. The van der Waals surface area contributed by atoms with Gasteiger partial charge in [0.2, 0.25) is 0 Å². The predicted molar refractivity (Wildman–Crippen MR) is 54.7 cm³/mol. The highest BCUT2D eigenvalue weighted by Crippen LogP contribution is 2.33. The molecule has 0 radical (unpaired) electrons. The highest BCUT2D eigenvalue weighted by atomic mass is 16.5. The van der Waals surface area contributed by atoms with E-state index in [0.29, 0.717) is 5.82 Å². The van der Waals surface area contributed by atoms with Crippen LogP contribution in [0.3, 0.4) is 0 Å². The first kappa shape index (κ1) is 9.06. The van der Waals surface area contributed by atoms with Gasteiger partial charge < -0.3 is 5.21 Å². The Morgan fingerprint density at radius 2 is 2.07 bits per heavy atom. The molecule has 0 spiro atoms. The molecule has 0 aromatic heterocycles. The number of hydrogen-bond acceptors (Lipinski definition) is 2. The molecule has 74 valence electrons. The van der Waals surface area contributed by atoms with Crippen molar-refractivity contribution in [3.63, 3.8) is 0 Å². The maximum Gasteiger partial charge on any atom is 0.175 e. The second kappa shape index (κ2) is 2.74. The van der Waals surface area contributed by atoms with Crippen molar-refractivity contribution in [1.82, 2.24) is 9.71 Å². The highest BCUT2D eigenvalue weighted by molar-refractivity contribution is 5.64. The molecule has 0 saturated heterocycles. The van der Waals surface area contributed by atoms with Crippen LogP contribution in [0.2, 0.25) is 0 Å². The number of pyridine rings is 1. The minimum absolute atomic E-state index is 0.0586. The van der Waals surface area contributed by atoms with Crippen molar-refractivity contribution in [3.05, 3.63) is 30.1 Å². The van der Waals surface area contributed by atoms with E-state index in [-0.39, 0.29) is 5.41 Å². The lowest BCUT2D eigenvalue weighted by atomic mass is 9.86. The maximum atomic E-state index is 9.50. The number of aromatic nitrogens is 2. The molecule has 2 heterocycles. The largest absolute Gasteiger partial charge is 0.427 e. The molecule has 0 fully saturated rings. The molecule has 0 aliphatic carbocycles. The second-order valence-corrected chi connectivity index (χ2v) is 4.51. The first-order valence-electron chi connectivity index (χ1n) is 4.66. The van der Waals surface area contributed by atoms with Gasteiger partial charge in [0, 0.05) is 18.0 Å². The zero-order valence-corrected chi connectivity index (χ0v) is 8.65. The molecule has 2 aliphatic rings. The minimum atomic E-state index is 0.0586. The van der Waals surface area contributed by atoms with E-state index in [4.69, 9.17) is 0 Å². The first-order valence-corrected chi connectivity index (χ1v) is 4.66. The third-order valence-corrected chi connectivity index (χ3v) is 2.36. The quantitative estimate of drug-likeness (QED) is 0.648. The molecule has 0 bridgehead atoms. The van der Waals surface area contributed by atoms with Gasteiger partial charge in [-0.15, -0.1) is 0 Å². The van der Waals surface area contributed by atoms with E-state index in [1.807, 2.05) is 18.3 Å². The van der Waals surface area contributed by atoms with Crippen LogP contribution >= 0.6 is 0 Å². The number of fused-ring (bicyclic) bond motifs is 1. The molecule has 0 amide bonds. The van der Waals surface area contributed by atoms with Gasteiger partial charge >= 0.3 is 0 Å². The fourth-order valence-corrected chi connectivity index (χ4v) is 1.62. The van der Waals surface area contributed by atoms with Crippen molar-refractivity contribution in [2.24, 2.45) is 0 Å². The van der Waals surface area contributed by atoms with Crippen LogP contribution in [0.1, 0.15) is 26.3 Å². The van der Waals surface area contributed by atoms with Gasteiger partial charge in [-0.25, -0.2) is 4.98 Å². The van der Waals surface area contributed by atoms with Crippen LogP contribution in [0.25, 0.3) is 11.4 Å². The maximum absolute atomic E-state index is 9.50. The van der Waals surface area contributed by atoms with Crippen molar-refractivity contribution in [2.45, 2.75) is 26.2 Å². The summed E-state index contributed by atoms with van der Waals surface area (Å²) in [5, 5.41) is 9.50. The van der Waals surface area contributed by atoms with Gasteiger partial charge in [-0.05, 0) is 23.1 Å². The van der Waals surface area contributed by atoms with Crippen LogP contribution in [0.15, 0.2) is 24.5 Å². The van der Waals surface area contributed by atoms with Crippen molar-refractivity contribution in [2.75, 3.05) is 0 Å². The average molecular weight is 190 g/mol. The smallest absolute Gasteiger partial charge is 0.175 e. The molecule has 0 atom stereocenters. The lowest BCUT2D eigenvalue weighted by Crippen LogP contribution is -2.11. The van der Waals surface area contributed by atoms with E-state index >= 15 is 0 Å². The summed E-state index contributed by atoms with van der Waals surface area (Å²) in [6.45, 7) is 6.41. The molecule has 0 unspecified atom stereocenters. The predicted octanol–water partition coefficient (Wildman–Crippen LogP) is 2.52. The van der Waals surface area contributed by atoms with Crippen LogP contribution in [0, 0.1) is 0 Å². The summed E-state index contributed by atoms with van der Waals surface area (Å²) in [5.74, 6) is 0.623. The van der Waals surface area contributed by atoms with Crippen molar-refractivity contribution in [3.8, 4) is 11.4 Å². The van der Waals surface area contributed by atoms with Gasteiger partial charge in [0.05, 0.1) is 0 Å². The Labute approximate surface area is 83.3 Å². The normalized spacial score (nSPS) is 12.2. The Morgan fingerprint density at radius 1 is 1.36 bits per heavy atom. The SMILES string of the molecule is CC(C)(C)c1cnc2n(O)cccc1-2. The molecular weight excluding hydrogens is 176 g/mol. The zero-order valence-electron chi connectivity index (χ0n) is 8.65. The minimum Gasteiger partial charge on any atom is -0.427 e. The van der Waals surface area contributed by atoms with Gasteiger partial charge in [-0.3, -0.25) is 0 Å². The summed E-state index contributed by atoms with van der Waals surface area (Å²) in [5.41, 5.74) is 2.24. The molecule has 0 aromatic rings. The third-order valence-electron chi connectivity index (χ3n) is 2.36. The molecule has 0 saturated carbocycles. The van der Waals surface area contributed by atoms with Crippen molar-refractivity contribution in [1.29, 1.82) is 0 Å². The van der Waals surface area contributed by atoms with E-state index in [0.717, 1.165) is 15.9 Å². The summed E-state index contributed by atoms with van der Waals surface area (Å²) in [4.78, 5) is 4.20. The Bertz CT molecular complexity index is 426. The lowest BCUT2D eigenvalue weighted by Gasteiger charge is -2.18. The summed E-state index contributed by atoms with van der Waals surface area (Å²) in [6, 6.07) is 3.80. The molecular formula is C11H14N2O. The van der Waals surface area contributed by atoms with Gasteiger partial charge in [-0.2, -0.15) is 4.73 Å². The molecule has 3 heteroatoms. The lowest BCUT2D eigenvalue weighted by molar-refractivity contribution is 0.186. The highest BCUT2D eigenvalue weighted by Gasteiger charge is 2.23. The molecule has 0 aromatic carbocycles. The molecule has 2 aliphatic heterocycles. The second-order valence-electron chi connectivity index (χ2n) is 4.51. The first-order chi connectivity index (χ1) is 6.50. The monoisotopic (exact) mass is 190 g/mol. The fourth-order valence-electron chi connectivity index (χ4n) is 1.62. The Morgan fingerprint density at radius 3 is 2.71 bits per heavy atom. The van der Waals surface area contributed by atoms with E-state index in [1.54, 1.807) is 6.20 Å². The molecule has 3 nitrogen and oxygen atoms in total. The average Bonchev–Trinajstić information content (AvgIpc) is 2.47. The number of hydrogen-bond donors (Lipinski definition) is 1. The molecule has 14 heavy (non-hydrogen) atoms.